The fourth-order valence-electron chi connectivity index (χ4n) is 2.96. The van der Waals surface area contributed by atoms with Crippen LogP contribution in [0, 0.1) is 24.0 Å². The molecule has 0 aliphatic rings. The lowest BCUT2D eigenvalue weighted by molar-refractivity contribution is -0.385. The van der Waals surface area contributed by atoms with Gasteiger partial charge in [-0.1, -0.05) is 30.3 Å². The minimum Gasteiger partial charge on any atom is -0.329 e. The minimum absolute atomic E-state index is 0. The van der Waals surface area contributed by atoms with Gasteiger partial charge in [0, 0.05) is 31.8 Å². The highest BCUT2D eigenvalue weighted by atomic mass is 35.5. The zero-order chi connectivity index (χ0) is 19.3. The van der Waals surface area contributed by atoms with E-state index in [1.807, 2.05) is 30.3 Å². The smallest absolute Gasteiger partial charge is 0.270 e. The number of aryl methyl sites for hydroxylation is 2. The normalized spacial score (nSPS) is 11.3. The number of hydrogen-bond donors (Lipinski definition) is 1. The third-order valence-corrected chi connectivity index (χ3v) is 6.33. The Hall–Kier alpha value is -2.00. The molecule has 9 heteroatoms. The maximum absolute atomic E-state index is 13.2. The molecule has 0 saturated carbocycles. The fourth-order valence-corrected chi connectivity index (χ4v) is 4.83. The Morgan fingerprint density at radius 3 is 2.11 bits per heavy atom. The van der Waals surface area contributed by atoms with E-state index in [-0.39, 0.29) is 36.1 Å². The number of nitrogens with two attached hydrogens (primary N) is 1. The van der Waals surface area contributed by atoms with Crippen LogP contribution in [-0.4, -0.2) is 37.3 Å². The molecule has 7 nitrogen and oxygen atoms in total. The summed E-state index contributed by atoms with van der Waals surface area (Å²) < 4.78 is 27.7. The van der Waals surface area contributed by atoms with E-state index in [0.717, 1.165) is 5.56 Å². The van der Waals surface area contributed by atoms with Gasteiger partial charge < -0.3 is 5.73 Å². The van der Waals surface area contributed by atoms with Gasteiger partial charge in [-0.05, 0) is 37.0 Å². The molecule has 0 unspecified atom stereocenters. The summed E-state index contributed by atoms with van der Waals surface area (Å²) in [6.07, 6.45) is 0.561. The molecule has 0 heterocycles. The Bertz CT molecular complexity index is 866. The summed E-state index contributed by atoms with van der Waals surface area (Å²) in [5.74, 6) is 0. The number of hydrogen-bond acceptors (Lipinski definition) is 5. The van der Waals surface area contributed by atoms with Gasteiger partial charge in [0.25, 0.3) is 5.69 Å². The van der Waals surface area contributed by atoms with Gasteiger partial charge in [0.2, 0.25) is 10.0 Å². The number of non-ortho nitro benzene ring substituents is 1. The van der Waals surface area contributed by atoms with Gasteiger partial charge in [-0.2, -0.15) is 4.31 Å². The molecule has 0 aliphatic heterocycles. The topological polar surface area (TPSA) is 107 Å². The fraction of sp³-hybridized carbons (Fsp3) is 0.333. The van der Waals surface area contributed by atoms with Crippen molar-refractivity contribution in [3.05, 3.63) is 69.3 Å². The van der Waals surface area contributed by atoms with E-state index >= 15 is 0 Å². The quantitative estimate of drug-likeness (QED) is 0.529. The molecule has 0 aromatic heterocycles. The van der Waals surface area contributed by atoms with E-state index in [2.05, 4.69) is 0 Å². The van der Waals surface area contributed by atoms with Gasteiger partial charge in [0.15, 0.2) is 0 Å². The van der Waals surface area contributed by atoms with Crippen molar-refractivity contribution in [1.29, 1.82) is 0 Å². The second kappa shape index (κ2) is 9.80. The molecule has 148 valence electrons. The predicted octanol–water partition coefficient (Wildman–Crippen LogP) is 2.83. The van der Waals surface area contributed by atoms with Gasteiger partial charge in [-0.25, -0.2) is 8.42 Å². The molecule has 0 saturated heterocycles. The molecular weight excluding hydrogens is 390 g/mol. The summed E-state index contributed by atoms with van der Waals surface area (Å²) in [6, 6.07) is 12.2. The number of nitrogens with zero attached hydrogens (tertiary/aromatic N) is 2. The second-order valence-corrected chi connectivity index (χ2v) is 7.97. The molecule has 27 heavy (non-hydrogen) atoms. The van der Waals surface area contributed by atoms with Crippen molar-refractivity contribution in [2.24, 2.45) is 5.73 Å². The van der Waals surface area contributed by atoms with Crippen LogP contribution >= 0.6 is 12.4 Å². The van der Waals surface area contributed by atoms with Crippen LogP contribution in [0.1, 0.15) is 16.7 Å². The molecule has 2 aromatic rings. The van der Waals surface area contributed by atoms with Crippen LogP contribution in [0.2, 0.25) is 0 Å². The van der Waals surface area contributed by atoms with Crippen molar-refractivity contribution in [2.75, 3.05) is 19.6 Å². The molecule has 0 amide bonds. The summed E-state index contributed by atoms with van der Waals surface area (Å²) in [5, 5.41) is 11.0. The van der Waals surface area contributed by atoms with Gasteiger partial charge in [-0.15, -0.1) is 12.4 Å². The molecule has 0 fully saturated rings. The number of nitro benzene ring substituents is 1. The van der Waals surface area contributed by atoms with E-state index in [0.29, 0.717) is 24.1 Å². The number of rotatable bonds is 8. The molecule has 0 bridgehead atoms. The average Bonchev–Trinajstić information content (AvgIpc) is 2.58. The van der Waals surface area contributed by atoms with Crippen molar-refractivity contribution in [1.82, 2.24) is 4.31 Å². The number of halogens is 1. The van der Waals surface area contributed by atoms with Crippen LogP contribution in [0.15, 0.2) is 47.4 Å². The van der Waals surface area contributed by atoms with Crippen LogP contribution in [0.3, 0.4) is 0 Å². The maximum atomic E-state index is 13.2. The lowest BCUT2D eigenvalue weighted by Gasteiger charge is -2.23. The predicted molar refractivity (Wildman–Crippen MR) is 108 cm³/mol. The van der Waals surface area contributed by atoms with E-state index in [4.69, 9.17) is 5.73 Å². The molecular formula is C18H24ClN3O4S. The SMILES string of the molecule is Cc1cc([N+](=O)[O-])cc(C)c1S(=O)(=O)N(CCN)CCc1ccccc1.Cl. The highest BCUT2D eigenvalue weighted by molar-refractivity contribution is 7.89. The Morgan fingerprint density at radius 2 is 1.63 bits per heavy atom. The highest BCUT2D eigenvalue weighted by Crippen LogP contribution is 2.28. The van der Waals surface area contributed by atoms with Crippen LogP contribution in [-0.2, 0) is 16.4 Å². The van der Waals surface area contributed by atoms with Gasteiger partial charge in [-0.3, -0.25) is 10.1 Å². The first-order valence-corrected chi connectivity index (χ1v) is 9.71. The van der Waals surface area contributed by atoms with Crippen molar-refractivity contribution < 1.29 is 13.3 Å². The first kappa shape index (κ1) is 23.0. The summed E-state index contributed by atoms with van der Waals surface area (Å²) >= 11 is 0. The maximum Gasteiger partial charge on any atom is 0.270 e. The van der Waals surface area contributed by atoms with Gasteiger partial charge in [0.05, 0.1) is 9.82 Å². The van der Waals surface area contributed by atoms with Crippen molar-refractivity contribution in [3.63, 3.8) is 0 Å². The number of benzene rings is 2. The van der Waals surface area contributed by atoms with E-state index in [1.165, 1.54) is 16.4 Å². The van der Waals surface area contributed by atoms with Crippen molar-refractivity contribution in [3.8, 4) is 0 Å². The second-order valence-electron chi connectivity index (χ2n) is 6.09. The van der Waals surface area contributed by atoms with E-state index in [1.54, 1.807) is 13.8 Å². The van der Waals surface area contributed by atoms with Gasteiger partial charge >= 0.3 is 0 Å². The molecule has 0 atom stereocenters. The molecule has 0 spiro atoms. The Kier molecular flexibility index (Phi) is 8.36. The molecule has 0 radical (unpaired) electrons. The molecule has 0 aliphatic carbocycles. The van der Waals surface area contributed by atoms with Gasteiger partial charge in [0.1, 0.15) is 0 Å². The summed E-state index contributed by atoms with van der Waals surface area (Å²) in [6.45, 7) is 3.82. The zero-order valence-electron chi connectivity index (χ0n) is 15.3. The molecule has 2 rings (SSSR count). The van der Waals surface area contributed by atoms with Crippen LogP contribution in [0.5, 0.6) is 0 Å². The average molecular weight is 414 g/mol. The minimum atomic E-state index is -3.81. The largest absolute Gasteiger partial charge is 0.329 e. The highest BCUT2D eigenvalue weighted by Gasteiger charge is 2.28. The number of sulfonamides is 1. The summed E-state index contributed by atoms with van der Waals surface area (Å²) in [7, 11) is -3.81. The zero-order valence-corrected chi connectivity index (χ0v) is 16.9. The van der Waals surface area contributed by atoms with Crippen LogP contribution < -0.4 is 5.73 Å². The summed E-state index contributed by atoms with van der Waals surface area (Å²) in [5.41, 5.74) is 7.25. The van der Waals surface area contributed by atoms with E-state index in [9.17, 15) is 18.5 Å². The first-order valence-electron chi connectivity index (χ1n) is 8.27. The Labute approximate surface area is 165 Å². The van der Waals surface area contributed by atoms with Crippen molar-refractivity contribution >= 4 is 28.1 Å². The molecule has 2 aromatic carbocycles. The monoisotopic (exact) mass is 413 g/mol. The summed E-state index contributed by atoms with van der Waals surface area (Å²) in [4.78, 5) is 10.6. The lowest BCUT2D eigenvalue weighted by Crippen LogP contribution is -2.37. The Balaban J connectivity index is 0.00000364. The van der Waals surface area contributed by atoms with Crippen molar-refractivity contribution in [2.45, 2.75) is 25.2 Å². The van der Waals surface area contributed by atoms with E-state index < -0.39 is 14.9 Å². The standard InChI is InChI=1S/C18H23N3O4S.ClH/c1-14-12-17(21(22)23)13-15(2)18(14)26(24,25)20(11-9-19)10-8-16-6-4-3-5-7-16;/h3-7,12-13H,8-11,19H2,1-2H3;1H. The number of nitro groups is 1. The van der Waals surface area contributed by atoms with Crippen LogP contribution in [0.4, 0.5) is 5.69 Å². The lowest BCUT2D eigenvalue weighted by atomic mass is 10.1. The van der Waals surface area contributed by atoms with Crippen LogP contribution in [0.25, 0.3) is 0 Å². The third-order valence-electron chi connectivity index (χ3n) is 4.12. The third kappa shape index (κ3) is 5.49. The first-order chi connectivity index (χ1) is 12.3. The molecule has 2 N–H and O–H groups in total. The Morgan fingerprint density at radius 1 is 1.07 bits per heavy atom.